The molecule has 1 aromatic heterocycles. The maximum absolute atomic E-state index is 12.4. The van der Waals surface area contributed by atoms with Gasteiger partial charge in [0, 0.05) is 6.54 Å². The van der Waals surface area contributed by atoms with Crippen LogP contribution in [0.3, 0.4) is 0 Å². The monoisotopic (exact) mass is 316 g/mol. The summed E-state index contributed by atoms with van der Waals surface area (Å²) in [5, 5.41) is 3.21. The number of rotatable bonds is 6. The predicted octanol–water partition coefficient (Wildman–Crippen LogP) is 4.22. The number of ether oxygens (including phenoxy) is 1. The smallest absolute Gasteiger partial charge is 0.427 e. The van der Waals surface area contributed by atoms with E-state index >= 15 is 0 Å². The number of hydrogen-bond acceptors (Lipinski definition) is 4. The molecule has 0 saturated heterocycles. The van der Waals surface area contributed by atoms with E-state index in [4.69, 9.17) is 4.74 Å². The van der Waals surface area contributed by atoms with Crippen molar-refractivity contribution < 1.29 is 17.9 Å². The van der Waals surface area contributed by atoms with Crippen molar-refractivity contribution in [3.8, 4) is 5.75 Å². The lowest BCUT2D eigenvalue weighted by Gasteiger charge is -2.05. The number of benzene rings is 1. The summed E-state index contributed by atoms with van der Waals surface area (Å²) in [6.07, 6.45) is -1.84. The van der Waals surface area contributed by atoms with Gasteiger partial charge in [-0.05, 0) is 30.5 Å². The summed E-state index contributed by atoms with van der Waals surface area (Å²) in [6, 6.07) is 7.73. The van der Waals surface area contributed by atoms with E-state index in [2.05, 4.69) is 10.3 Å². The van der Waals surface area contributed by atoms with Crippen molar-refractivity contribution in [3.05, 3.63) is 40.9 Å². The second-order valence-corrected chi connectivity index (χ2v) is 5.44. The first-order chi connectivity index (χ1) is 9.99. The SMILES string of the molecule is COc1cccc(CCCNc2ncc(C(F)(F)F)s2)c1. The Bertz CT molecular complexity index is 584. The Balaban J connectivity index is 1.78. The van der Waals surface area contributed by atoms with Crippen LogP contribution in [0.2, 0.25) is 0 Å². The lowest BCUT2D eigenvalue weighted by Crippen LogP contribution is -2.02. The van der Waals surface area contributed by atoms with Crippen LogP contribution in [0.1, 0.15) is 16.9 Å². The maximum atomic E-state index is 12.4. The van der Waals surface area contributed by atoms with Gasteiger partial charge in [0.05, 0.1) is 13.3 Å². The number of nitrogens with zero attached hydrogens (tertiary/aromatic N) is 1. The van der Waals surface area contributed by atoms with Crippen molar-refractivity contribution in [1.29, 1.82) is 0 Å². The van der Waals surface area contributed by atoms with Crippen LogP contribution in [-0.2, 0) is 12.6 Å². The van der Waals surface area contributed by atoms with Crippen molar-refractivity contribution in [3.63, 3.8) is 0 Å². The van der Waals surface area contributed by atoms with E-state index in [1.807, 2.05) is 24.3 Å². The van der Waals surface area contributed by atoms with Crippen molar-refractivity contribution in [2.75, 3.05) is 19.0 Å². The molecule has 1 aromatic carbocycles. The van der Waals surface area contributed by atoms with Crippen molar-refractivity contribution in [2.24, 2.45) is 0 Å². The Hall–Kier alpha value is -1.76. The van der Waals surface area contributed by atoms with Gasteiger partial charge in [0.25, 0.3) is 0 Å². The average molecular weight is 316 g/mol. The minimum absolute atomic E-state index is 0.299. The molecule has 0 atom stereocenters. The average Bonchev–Trinajstić information content (AvgIpc) is 2.93. The van der Waals surface area contributed by atoms with Gasteiger partial charge >= 0.3 is 6.18 Å². The molecule has 0 fully saturated rings. The molecule has 2 rings (SSSR count). The molecule has 0 spiro atoms. The third-order valence-corrected chi connectivity index (χ3v) is 3.84. The Morgan fingerprint density at radius 1 is 1.33 bits per heavy atom. The largest absolute Gasteiger partial charge is 0.497 e. The molecule has 0 unspecified atom stereocenters. The minimum Gasteiger partial charge on any atom is -0.497 e. The van der Waals surface area contributed by atoms with Crippen LogP contribution in [0.5, 0.6) is 5.75 Å². The van der Waals surface area contributed by atoms with Gasteiger partial charge in [-0.1, -0.05) is 23.5 Å². The van der Waals surface area contributed by atoms with Gasteiger partial charge in [-0.15, -0.1) is 0 Å². The van der Waals surface area contributed by atoms with Crippen LogP contribution in [0.4, 0.5) is 18.3 Å². The van der Waals surface area contributed by atoms with E-state index < -0.39 is 11.1 Å². The van der Waals surface area contributed by atoms with Crippen LogP contribution in [0.25, 0.3) is 0 Å². The van der Waals surface area contributed by atoms with Crippen LogP contribution < -0.4 is 10.1 Å². The summed E-state index contributed by atoms with van der Waals surface area (Å²) in [4.78, 5) is 3.04. The number of aromatic nitrogens is 1. The first kappa shape index (κ1) is 15.6. The number of alkyl halides is 3. The number of nitrogens with one attached hydrogen (secondary N) is 1. The summed E-state index contributed by atoms with van der Waals surface area (Å²) in [5.74, 6) is 0.801. The van der Waals surface area contributed by atoms with E-state index in [0.717, 1.165) is 30.4 Å². The molecule has 7 heteroatoms. The van der Waals surface area contributed by atoms with Gasteiger partial charge in [-0.25, -0.2) is 4.98 Å². The summed E-state index contributed by atoms with van der Waals surface area (Å²) in [7, 11) is 1.61. The molecule has 114 valence electrons. The number of halogens is 3. The summed E-state index contributed by atoms with van der Waals surface area (Å²) in [6.45, 7) is 0.571. The molecule has 21 heavy (non-hydrogen) atoms. The lowest BCUT2D eigenvalue weighted by molar-refractivity contribution is -0.134. The quantitative estimate of drug-likeness (QED) is 0.810. The Labute approximate surface area is 124 Å². The number of aryl methyl sites for hydroxylation is 1. The molecule has 3 nitrogen and oxygen atoms in total. The van der Waals surface area contributed by atoms with Gasteiger partial charge in [0.15, 0.2) is 5.13 Å². The van der Waals surface area contributed by atoms with E-state index in [0.29, 0.717) is 23.0 Å². The van der Waals surface area contributed by atoms with Crippen molar-refractivity contribution in [2.45, 2.75) is 19.0 Å². The maximum Gasteiger partial charge on any atom is 0.427 e. The first-order valence-electron chi connectivity index (χ1n) is 6.39. The van der Waals surface area contributed by atoms with E-state index in [9.17, 15) is 13.2 Å². The predicted molar refractivity (Wildman–Crippen MR) is 76.9 cm³/mol. The summed E-state index contributed by atoms with van der Waals surface area (Å²) >= 11 is 0.625. The second-order valence-electron chi connectivity index (χ2n) is 4.41. The second kappa shape index (κ2) is 6.80. The topological polar surface area (TPSA) is 34.1 Å². The normalized spacial score (nSPS) is 11.4. The fourth-order valence-corrected chi connectivity index (χ4v) is 2.51. The summed E-state index contributed by atoms with van der Waals surface area (Å²) < 4.78 is 42.4. The minimum atomic E-state index is -4.32. The first-order valence-corrected chi connectivity index (χ1v) is 7.20. The van der Waals surface area contributed by atoms with Gasteiger partial charge < -0.3 is 10.1 Å². The third kappa shape index (κ3) is 4.63. The van der Waals surface area contributed by atoms with Crippen molar-refractivity contribution >= 4 is 16.5 Å². The Morgan fingerprint density at radius 2 is 2.14 bits per heavy atom. The fourth-order valence-electron chi connectivity index (χ4n) is 1.80. The van der Waals surface area contributed by atoms with Crippen LogP contribution in [-0.4, -0.2) is 18.6 Å². The molecule has 1 heterocycles. The molecular formula is C14H15F3N2OS. The van der Waals surface area contributed by atoms with E-state index in [1.165, 1.54) is 0 Å². The molecule has 0 aliphatic heterocycles. The highest BCUT2D eigenvalue weighted by Gasteiger charge is 2.33. The van der Waals surface area contributed by atoms with Gasteiger partial charge in [0.2, 0.25) is 0 Å². The van der Waals surface area contributed by atoms with Crippen LogP contribution in [0, 0.1) is 0 Å². The molecule has 0 aliphatic carbocycles. The molecule has 0 amide bonds. The van der Waals surface area contributed by atoms with E-state index in [1.54, 1.807) is 7.11 Å². The summed E-state index contributed by atoms with van der Waals surface area (Å²) in [5.41, 5.74) is 1.13. The zero-order chi connectivity index (χ0) is 15.3. The van der Waals surface area contributed by atoms with Gasteiger partial charge in [0.1, 0.15) is 10.6 Å². The highest BCUT2D eigenvalue weighted by molar-refractivity contribution is 7.15. The van der Waals surface area contributed by atoms with Crippen molar-refractivity contribution in [1.82, 2.24) is 4.98 Å². The molecule has 1 N–H and O–H groups in total. The Kier molecular flexibility index (Phi) is 5.06. The van der Waals surface area contributed by atoms with Gasteiger partial charge in [-0.3, -0.25) is 0 Å². The number of thiazole rings is 1. The number of anilines is 1. The third-order valence-electron chi connectivity index (χ3n) is 2.84. The zero-order valence-corrected chi connectivity index (χ0v) is 12.2. The van der Waals surface area contributed by atoms with Gasteiger partial charge in [-0.2, -0.15) is 13.2 Å². The highest BCUT2D eigenvalue weighted by atomic mass is 32.1. The lowest BCUT2D eigenvalue weighted by atomic mass is 10.1. The Morgan fingerprint density at radius 3 is 2.81 bits per heavy atom. The number of methoxy groups -OCH3 is 1. The highest BCUT2D eigenvalue weighted by Crippen LogP contribution is 2.34. The zero-order valence-electron chi connectivity index (χ0n) is 11.4. The van der Waals surface area contributed by atoms with Crippen LogP contribution in [0.15, 0.2) is 30.5 Å². The molecule has 0 saturated carbocycles. The fraction of sp³-hybridized carbons (Fsp3) is 0.357. The molecule has 2 aromatic rings. The van der Waals surface area contributed by atoms with Crippen LogP contribution >= 0.6 is 11.3 Å². The molecule has 0 bridgehead atoms. The standard InChI is InChI=1S/C14H15F3N2OS/c1-20-11-6-2-4-10(8-11)5-3-7-18-13-19-9-12(21-13)14(15,16)17/h2,4,6,8-9H,3,5,7H2,1H3,(H,18,19). The van der Waals surface area contributed by atoms with E-state index in [-0.39, 0.29) is 0 Å². The molecular weight excluding hydrogens is 301 g/mol. The molecule has 0 radical (unpaired) electrons. The molecule has 0 aliphatic rings. The number of hydrogen-bond donors (Lipinski definition) is 1.